The molecule has 0 heterocycles. The van der Waals surface area contributed by atoms with Gasteiger partial charge in [0.05, 0.1) is 6.04 Å². The first-order chi connectivity index (χ1) is 39.1. The van der Waals surface area contributed by atoms with Gasteiger partial charge >= 0.3 is 5.97 Å². The van der Waals surface area contributed by atoms with Crippen LogP contribution in [0.4, 0.5) is 0 Å². The van der Waals surface area contributed by atoms with Crippen molar-refractivity contribution in [3.05, 3.63) is 71.8 Å². The summed E-state index contributed by atoms with van der Waals surface area (Å²) in [7, 11) is 0. The Morgan fingerprint density at radius 1 is 0.434 bits per heavy atom. The predicted molar refractivity (Wildman–Crippen MR) is 318 cm³/mol. The molecule has 26 heteroatoms. The Morgan fingerprint density at radius 3 is 1.19 bits per heavy atom. The van der Waals surface area contributed by atoms with Gasteiger partial charge in [-0.1, -0.05) is 116 Å². The molecule has 462 valence electrons. The van der Waals surface area contributed by atoms with Crippen LogP contribution in [0, 0.1) is 23.7 Å². The highest BCUT2D eigenvalue weighted by Gasteiger charge is 2.37. The van der Waals surface area contributed by atoms with E-state index >= 15 is 0 Å². The number of nitrogens with one attached hydrogen (secondary N) is 8. The number of aliphatic carboxylic acids is 1. The van der Waals surface area contributed by atoms with Crippen LogP contribution in [0.1, 0.15) is 118 Å². The fourth-order valence-corrected chi connectivity index (χ4v) is 8.70. The third-order valence-electron chi connectivity index (χ3n) is 13.4. The molecular weight excluding hydrogens is 1070 g/mol. The van der Waals surface area contributed by atoms with Gasteiger partial charge in [0.2, 0.25) is 47.3 Å². The minimum absolute atomic E-state index is 0.000496. The van der Waals surface area contributed by atoms with Crippen molar-refractivity contribution < 1.29 is 48.3 Å². The van der Waals surface area contributed by atoms with E-state index in [1.807, 2.05) is 13.8 Å². The van der Waals surface area contributed by atoms with Gasteiger partial charge in [-0.05, 0) is 92.7 Å². The Labute approximate surface area is 487 Å². The highest BCUT2D eigenvalue weighted by atomic mass is 16.4. The van der Waals surface area contributed by atoms with Gasteiger partial charge in [-0.3, -0.25) is 48.3 Å². The van der Waals surface area contributed by atoms with Crippen LogP contribution in [-0.2, 0) is 56.0 Å². The minimum atomic E-state index is -1.33. The average molecular weight is 1160 g/mol. The smallest absolute Gasteiger partial charge is 0.326 e. The van der Waals surface area contributed by atoms with Gasteiger partial charge in [-0.25, -0.2) is 4.79 Å². The molecule has 21 N–H and O–H groups in total. The molecule has 0 aliphatic rings. The highest BCUT2D eigenvalue weighted by molar-refractivity contribution is 5.98. The number of unbranched alkanes of at least 4 members (excludes halogenated alkanes) is 1. The number of hydrogen-bond acceptors (Lipinski definition) is 13. The van der Waals surface area contributed by atoms with Crippen LogP contribution in [0.15, 0.2) is 70.6 Å². The Balaban J connectivity index is 2.44. The summed E-state index contributed by atoms with van der Waals surface area (Å²) in [5.41, 5.74) is 34.9. The van der Waals surface area contributed by atoms with Gasteiger partial charge in [-0.15, -0.1) is 0 Å². The Bertz CT molecular complexity index is 2450. The zero-order valence-corrected chi connectivity index (χ0v) is 49.5. The second-order valence-electron chi connectivity index (χ2n) is 22.1. The maximum Gasteiger partial charge on any atom is 0.326 e. The normalized spacial score (nSPS) is 14.5. The minimum Gasteiger partial charge on any atom is -0.480 e. The number of carbonyl (C=O) groups excluding carboxylic acids is 8. The molecule has 0 bridgehead atoms. The number of rotatable bonds is 38. The first-order valence-electron chi connectivity index (χ1n) is 28.4. The summed E-state index contributed by atoms with van der Waals surface area (Å²) < 4.78 is 0. The van der Waals surface area contributed by atoms with E-state index in [4.69, 9.17) is 34.4 Å². The zero-order chi connectivity index (χ0) is 62.3. The van der Waals surface area contributed by atoms with Gasteiger partial charge in [0, 0.05) is 25.9 Å². The van der Waals surface area contributed by atoms with Crippen molar-refractivity contribution in [2.75, 3.05) is 19.6 Å². The monoisotopic (exact) mass is 1160 g/mol. The van der Waals surface area contributed by atoms with E-state index in [1.54, 1.807) is 102 Å². The van der Waals surface area contributed by atoms with Gasteiger partial charge in [-0.2, -0.15) is 0 Å². The van der Waals surface area contributed by atoms with E-state index < -0.39 is 125 Å². The summed E-state index contributed by atoms with van der Waals surface area (Å²) in [6, 6.07) is 6.64. The number of carboxylic acid groups (broad SMARTS) is 1. The quantitative estimate of drug-likeness (QED) is 0.0218. The lowest BCUT2D eigenvalue weighted by atomic mass is 9.98. The van der Waals surface area contributed by atoms with Crippen LogP contribution < -0.4 is 76.9 Å². The summed E-state index contributed by atoms with van der Waals surface area (Å²) in [6.07, 6.45) is 1.82. The van der Waals surface area contributed by atoms with Crippen molar-refractivity contribution in [2.24, 2.45) is 68.1 Å². The fourth-order valence-electron chi connectivity index (χ4n) is 8.70. The number of hydrogen-bond donors (Lipinski definition) is 15. The van der Waals surface area contributed by atoms with E-state index in [1.165, 1.54) is 0 Å². The number of amides is 8. The molecule has 9 atom stereocenters. The van der Waals surface area contributed by atoms with Crippen LogP contribution in [-0.4, -0.2) is 144 Å². The summed E-state index contributed by atoms with van der Waals surface area (Å²) >= 11 is 0. The van der Waals surface area contributed by atoms with Gasteiger partial charge in [0.15, 0.2) is 11.9 Å². The summed E-state index contributed by atoms with van der Waals surface area (Å²) in [5.74, 6) is -9.04. The molecule has 0 spiro atoms. The lowest BCUT2D eigenvalue weighted by Crippen LogP contribution is -2.62. The maximum absolute atomic E-state index is 14.5. The number of aliphatic imine (C=N–C) groups is 2. The van der Waals surface area contributed by atoms with Crippen molar-refractivity contribution in [1.29, 1.82) is 0 Å². The van der Waals surface area contributed by atoms with Gasteiger partial charge in [0.1, 0.15) is 48.3 Å². The standard InChI is InChI=1S/C57H94N16O10/c1-32(2)29-41(68-49(76)42(30-36-19-11-9-12-20-36)70-54(81)44(33(3)4)71-47(74)38(59)23-17-27-64-56(60)61)50(77)72-45(34(5)6)52(79)66-39(24-15-16-26-58)48(75)69-43(31-37-21-13-10-14-22-37)51(78)73-46(35(7)8)53(80)67-40(55(82)83)25-18-28-65-57(62)63/h9-14,19-22,32-35,38-46H,15-18,23-31,58-59H2,1-8H3,(H,66,79)(H,67,80)(H,68,76)(H,69,75)(H,70,81)(H,71,74)(H,72,77)(H,73,78)(H,82,83)(H4,60,61,64)(H4,62,63,65)/t38-,39-,40-,41-,42-,43-,44-,45-,46-/m0/s1. The van der Waals surface area contributed by atoms with Crippen LogP contribution >= 0.6 is 0 Å². The molecule has 0 saturated carbocycles. The zero-order valence-electron chi connectivity index (χ0n) is 49.5. The van der Waals surface area contributed by atoms with Crippen LogP contribution in [0.5, 0.6) is 0 Å². The second kappa shape index (κ2) is 37.3. The molecule has 0 fully saturated rings. The van der Waals surface area contributed by atoms with Crippen LogP contribution in [0.2, 0.25) is 0 Å². The molecule has 0 saturated heterocycles. The molecule has 0 aliphatic carbocycles. The Morgan fingerprint density at radius 2 is 0.783 bits per heavy atom. The van der Waals surface area contributed by atoms with Crippen molar-refractivity contribution in [1.82, 2.24) is 42.5 Å². The average Bonchev–Trinajstić information content (AvgIpc) is 3.51. The predicted octanol–water partition coefficient (Wildman–Crippen LogP) is -0.988. The molecule has 26 nitrogen and oxygen atoms in total. The first kappa shape index (κ1) is 71.2. The van der Waals surface area contributed by atoms with E-state index in [2.05, 4.69) is 52.5 Å². The molecule has 2 aromatic rings. The largest absolute Gasteiger partial charge is 0.480 e. The maximum atomic E-state index is 14.5. The number of benzene rings is 2. The number of guanidine groups is 2. The Kier molecular flexibility index (Phi) is 32.0. The Hall–Kier alpha value is -7.87. The molecule has 0 aromatic heterocycles. The van der Waals surface area contributed by atoms with Crippen molar-refractivity contribution >= 4 is 65.1 Å². The van der Waals surface area contributed by atoms with Crippen LogP contribution in [0.25, 0.3) is 0 Å². The summed E-state index contributed by atoms with van der Waals surface area (Å²) in [5, 5.41) is 31.8. The summed E-state index contributed by atoms with van der Waals surface area (Å²) in [6.45, 7) is 14.5. The highest BCUT2D eigenvalue weighted by Crippen LogP contribution is 2.14. The molecule has 83 heavy (non-hydrogen) atoms. The van der Waals surface area contributed by atoms with Crippen molar-refractivity contribution in [3.8, 4) is 0 Å². The van der Waals surface area contributed by atoms with Crippen molar-refractivity contribution in [3.63, 3.8) is 0 Å². The molecule has 0 radical (unpaired) electrons. The topological polar surface area (TPSA) is 451 Å². The van der Waals surface area contributed by atoms with E-state index in [0.29, 0.717) is 30.4 Å². The van der Waals surface area contributed by atoms with E-state index in [9.17, 15) is 48.3 Å². The van der Waals surface area contributed by atoms with Gasteiger partial charge in [0.25, 0.3) is 0 Å². The lowest BCUT2D eigenvalue weighted by molar-refractivity contribution is -0.142. The number of carbonyl (C=O) groups is 9. The molecule has 8 amide bonds. The first-order valence-corrected chi connectivity index (χ1v) is 28.4. The lowest BCUT2D eigenvalue weighted by Gasteiger charge is -2.30. The molecular formula is C57H94N16O10. The summed E-state index contributed by atoms with van der Waals surface area (Å²) in [4.78, 5) is 133. The third kappa shape index (κ3) is 27.2. The van der Waals surface area contributed by atoms with Gasteiger partial charge < -0.3 is 82.0 Å². The SMILES string of the molecule is CC(C)C[C@H](NC(=O)[C@H](Cc1ccccc1)NC(=O)[C@@H](NC(=O)[C@@H](N)CCCN=C(N)N)C(C)C)C(=O)N[C@H](C(=O)N[C@@H](CCCCN)C(=O)N[C@@H](Cc1ccccc1)C(=O)N[C@H](C(=O)N[C@@H](CCCN=C(N)N)C(=O)O)C(C)C)C(C)C. The fraction of sp³-hybridized carbons (Fsp3) is 0.596. The van der Waals surface area contributed by atoms with E-state index in [0.717, 1.165) is 0 Å². The second-order valence-corrected chi connectivity index (χ2v) is 22.1. The molecule has 0 unspecified atom stereocenters. The molecule has 0 aliphatic heterocycles. The number of nitrogens with two attached hydrogens (primary N) is 6. The molecule has 2 aromatic carbocycles. The third-order valence-corrected chi connectivity index (χ3v) is 13.4. The van der Waals surface area contributed by atoms with Crippen molar-refractivity contribution in [2.45, 2.75) is 174 Å². The number of nitrogens with zero attached hydrogens (tertiary/aromatic N) is 2. The van der Waals surface area contributed by atoms with Crippen LogP contribution in [0.3, 0.4) is 0 Å². The number of carboxylic acids is 1. The molecule has 2 rings (SSSR count). The van der Waals surface area contributed by atoms with E-state index in [-0.39, 0.29) is 82.4 Å².